The van der Waals surface area contributed by atoms with Crippen LogP contribution in [-0.2, 0) is 6.54 Å². The van der Waals surface area contributed by atoms with Crippen molar-refractivity contribution in [1.29, 1.82) is 0 Å². The Kier molecular flexibility index (Phi) is 3.20. The number of rotatable bonds is 3. The van der Waals surface area contributed by atoms with Gasteiger partial charge in [-0.05, 0) is 9.91 Å². The van der Waals surface area contributed by atoms with Gasteiger partial charge in [-0.25, -0.2) is 8.78 Å². The van der Waals surface area contributed by atoms with Crippen LogP contribution in [-0.4, -0.2) is 9.91 Å². The number of hydrogen-bond acceptors (Lipinski definition) is 4. The molecule has 1 aromatic rings. The first kappa shape index (κ1) is 11.4. The van der Waals surface area contributed by atoms with Gasteiger partial charge in [0.25, 0.3) is 6.43 Å². The predicted molar refractivity (Wildman–Crippen MR) is 43.7 cm³/mol. The highest BCUT2D eigenvalue weighted by Crippen LogP contribution is 2.28. The van der Waals surface area contributed by atoms with Gasteiger partial charge in [-0.2, -0.15) is 4.39 Å². The molecule has 0 aliphatic carbocycles. The minimum Gasteiger partial charge on any atom is -0.358 e. The van der Waals surface area contributed by atoms with Crippen LogP contribution >= 0.6 is 0 Å². The zero-order valence-corrected chi connectivity index (χ0v) is 7.28. The molecule has 0 unspecified atom stereocenters. The summed E-state index contributed by atoms with van der Waals surface area (Å²) in [7, 11) is 0. The Morgan fingerprint density at radius 2 is 2.20 bits per heavy atom. The van der Waals surface area contributed by atoms with Gasteiger partial charge in [-0.3, -0.25) is 0 Å². The van der Waals surface area contributed by atoms with Gasteiger partial charge in [0.2, 0.25) is 0 Å². The third kappa shape index (κ3) is 2.21. The summed E-state index contributed by atoms with van der Waals surface area (Å²) in [5.74, 6) is -2.29. The Bertz CT molecular complexity index is 397. The normalized spacial score (nSPS) is 10.7. The summed E-state index contributed by atoms with van der Waals surface area (Å²) in [5.41, 5.74) is 3.83. The Balaban J connectivity index is 3.45. The van der Waals surface area contributed by atoms with E-state index < -0.39 is 40.8 Å². The molecule has 15 heavy (non-hydrogen) atoms. The minimum absolute atomic E-state index is 0.444. The first-order chi connectivity index (χ1) is 6.97. The fraction of sp³-hybridized carbons (Fsp3) is 0.286. The second-order valence-electron chi connectivity index (χ2n) is 2.60. The molecule has 82 valence electrons. The van der Waals surface area contributed by atoms with E-state index in [0.717, 1.165) is 0 Å². The predicted octanol–water partition coefficient (Wildman–Crippen LogP) is 1.53. The highest BCUT2D eigenvalue weighted by Gasteiger charge is 2.25. The van der Waals surface area contributed by atoms with Crippen LogP contribution in [0.3, 0.4) is 0 Å². The maximum absolute atomic E-state index is 12.7. The molecule has 0 aliphatic rings. The highest BCUT2D eigenvalue weighted by molar-refractivity contribution is 5.40. The monoisotopic (exact) mass is 221 g/mol. The van der Waals surface area contributed by atoms with Crippen molar-refractivity contribution >= 4 is 5.82 Å². The van der Waals surface area contributed by atoms with Crippen LogP contribution in [0.4, 0.5) is 19.0 Å². The molecule has 0 atom stereocenters. The molecule has 0 fully saturated rings. The number of halogens is 3. The molecule has 0 aromatic carbocycles. The van der Waals surface area contributed by atoms with Crippen molar-refractivity contribution in [3.63, 3.8) is 0 Å². The smallest absolute Gasteiger partial charge is 0.358 e. The van der Waals surface area contributed by atoms with Gasteiger partial charge in [0, 0.05) is 18.2 Å². The second kappa shape index (κ2) is 4.22. The molecular formula is C7H6F3N3O2. The van der Waals surface area contributed by atoms with E-state index in [2.05, 4.69) is 4.98 Å². The summed E-state index contributed by atoms with van der Waals surface area (Å²) in [6.07, 6.45) is -3.03. The molecule has 0 saturated heterocycles. The van der Waals surface area contributed by atoms with Crippen LogP contribution in [0.25, 0.3) is 0 Å². The van der Waals surface area contributed by atoms with Crippen molar-refractivity contribution in [2.45, 2.75) is 13.0 Å². The number of pyridine rings is 1. The SMILES string of the molecule is NCc1c(C(F)F)cc(F)nc1[N+](=O)[O-]. The van der Waals surface area contributed by atoms with Crippen LogP contribution in [0.5, 0.6) is 0 Å². The third-order valence-corrected chi connectivity index (χ3v) is 1.72. The first-order valence-corrected chi connectivity index (χ1v) is 3.79. The van der Waals surface area contributed by atoms with E-state index in [1.54, 1.807) is 0 Å². The van der Waals surface area contributed by atoms with Crippen LogP contribution in [0.15, 0.2) is 6.07 Å². The van der Waals surface area contributed by atoms with Crippen LogP contribution in [0.1, 0.15) is 17.6 Å². The molecule has 0 radical (unpaired) electrons. The highest BCUT2D eigenvalue weighted by atomic mass is 19.3. The minimum atomic E-state index is -3.03. The number of aromatic nitrogens is 1. The van der Waals surface area contributed by atoms with Crippen LogP contribution in [0, 0.1) is 16.1 Å². The lowest BCUT2D eigenvalue weighted by atomic mass is 10.1. The van der Waals surface area contributed by atoms with Gasteiger partial charge in [0.1, 0.15) is 0 Å². The molecule has 1 aromatic heterocycles. The van der Waals surface area contributed by atoms with Crippen molar-refractivity contribution < 1.29 is 18.1 Å². The fourth-order valence-corrected chi connectivity index (χ4v) is 1.10. The number of nitro groups is 1. The van der Waals surface area contributed by atoms with Crippen LogP contribution < -0.4 is 5.73 Å². The number of alkyl halides is 2. The molecule has 5 nitrogen and oxygen atoms in total. The molecule has 0 spiro atoms. The third-order valence-electron chi connectivity index (χ3n) is 1.72. The number of nitrogens with zero attached hydrogens (tertiary/aromatic N) is 2. The van der Waals surface area contributed by atoms with Gasteiger partial charge in [-0.1, -0.05) is 0 Å². The molecule has 1 heterocycles. The standard InChI is InChI=1S/C7H6F3N3O2/c8-5-1-3(6(9)10)4(2-11)7(12-5)13(14)15/h1,6H,2,11H2. The van der Waals surface area contributed by atoms with Crippen molar-refractivity contribution in [3.05, 3.63) is 33.3 Å². The molecule has 1 rings (SSSR count). The van der Waals surface area contributed by atoms with Gasteiger partial charge in [0.15, 0.2) is 0 Å². The van der Waals surface area contributed by atoms with Crippen molar-refractivity contribution in [2.24, 2.45) is 5.73 Å². The number of hydrogen-bond donors (Lipinski definition) is 1. The second-order valence-corrected chi connectivity index (χ2v) is 2.60. The van der Waals surface area contributed by atoms with Gasteiger partial charge in [-0.15, -0.1) is 0 Å². The van der Waals surface area contributed by atoms with E-state index in [0.29, 0.717) is 6.07 Å². The lowest BCUT2D eigenvalue weighted by Gasteiger charge is -2.05. The topological polar surface area (TPSA) is 82.0 Å². The summed E-state index contributed by atoms with van der Waals surface area (Å²) in [6, 6.07) is 0.444. The molecule has 0 amide bonds. The molecule has 2 N–H and O–H groups in total. The maximum Gasteiger partial charge on any atom is 0.371 e. The van der Waals surface area contributed by atoms with E-state index in [1.165, 1.54) is 0 Å². The summed E-state index contributed by atoms with van der Waals surface area (Å²) in [4.78, 5) is 12.2. The number of nitrogens with two attached hydrogens (primary N) is 1. The average molecular weight is 221 g/mol. The van der Waals surface area contributed by atoms with E-state index in [4.69, 9.17) is 5.73 Å². The Labute approximate surface area is 81.9 Å². The van der Waals surface area contributed by atoms with E-state index >= 15 is 0 Å². The lowest BCUT2D eigenvalue weighted by molar-refractivity contribution is -0.390. The molecular weight excluding hydrogens is 215 g/mol. The van der Waals surface area contributed by atoms with Gasteiger partial charge >= 0.3 is 11.8 Å². The molecule has 0 bridgehead atoms. The Hall–Kier alpha value is -1.70. The Morgan fingerprint density at radius 3 is 2.60 bits per heavy atom. The first-order valence-electron chi connectivity index (χ1n) is 3.79. The van der Waals surface area contributed by atoms with Crippen LogP contribution in [0.2, 0.25) is 0 Å². The quantitative estimate of drug-likeness (QED) is 0.476. The van der Waals surface area contributed by atoms with E-state index in [-0.39, 0.29) is 0 Å². The van der Waals surface area contributed by atoms with Crippen molar-refractivity contribution in [1.82, 2.24) is 4.98 Å². The van der Waals surface area contributed by atoms with Crippen molar-refractivity contribution in [3.8, 4) is 0 Å². The fourth-order valence-electron chi connectivity index (χ4n) is 1.10. The molecule has 8 heteroatoms. The maximum atomic E-state index is 12.7. The Morgan fingerprint density at radius 1 is 1.60 bits per heavy atom. The largest absolute Gasteiger partial charge is 0.371 e. The molecule has 0 saturated carbocycles. The van der Waals surface area contributed by atoms with Gasteiger partial charge < -0.3 is 15.8 Å². The lowest BCUT2D eigenvalue weighted by Crippen LogP contribution is -2.09. The van der Waals surface area contributed by atoms with Crippen molar-refractivity contribution in [2.75, 3.05) is 0 Å². The van der Waals surface area contributed by atoms with Gasteiger partial charge in [0.05, 0.1) is 5.56 Å². The summed E-state index contributed by atoms with van der Waals surface area (Å²) >= 11 is 0. The van der Waals surface area contributed by atoms with E-state index in [1.807, 2.05) is 0 Å². The summed E-state index contributed by atoms with van der Waals surface area (Å²) in [6.45, 7) is -0.497. The zero-order chi connectivity index (χ0) is 11.6. The summed E-state index contributed by atoms with van der Waals surface area (Å²) in [5, 5.41) is 10.4. The zero-order valence-electron chi connectivity index (χ0n) is 7.28. The summed E-state index contributed by atoms with van der Waals surface area (Å²) < 4.78 is 37.4. The van der Waals surface area contributed by atoms with E-state index in [9.17, 15) is 23.3 Å². The average Bonchev–Trinajstić information content (AvgIpc) is 2.16. The molecule has 0 aliphatic heterocycles.